The SMILES string of the molecule is O=C(NCC1CC1)C1=C[C@H](C2CCCC2)C[C@H](OCc2ccc(CO)cc2)O1. The minimum Gasteiger partial charge on any atom is -0.459 e. The van der Waals surface area contributed by atoms with Gasteiger partial charge in [0.1, 0.15) is 0 Å². The van der Waals surface area contributed by atoms with Crippen LogP contribution in [0.2, 0.25) is 0 Å². The standard InChI is InChI=1S/C23H31NO4/c25-14-17-7-9-18(10-8-17)15-27-22-12-20(19-3-1-2-4-19)11-21(28-22)23(26)24-13-16-5-6-16/h7-11,16,19-20,22,25H,1-6,12-15H2,(H,24,26)/t20-,22+/m0/s1. The highest BCUT2D eigenvalue weighted by Gasteiger charge is 2.34. The van der Waals surface area contributed by atoms with Crippen LogP contribution in [0.1, 0.15) is 56.1 Å². The molecule has 2 fully saturated rings. The number of allylic oxidation sites excluding steroid dienone is 1. The minimum atomic E-state index is -0.394. The second-order valence-corrected chi connectivity index (χ2v) is 8.46. The van der Waals surface area contributed by atoms with Gasteiger partial charge in [-0.15, -0.1) is 0 Å². The summed E-state index contributed by atoms with van der Waals surface area (Å²) in [5, 5.41) is 12.2. The van der Waals surface area contributed by atoms with Crippen molar-refractivity contribution in [1.82, 2.24) is 5.32 Å². The summed E-state index contributed by atoms with van der Waals surface area (Å²) < 4.78 is 12.0. The van der Waals surface area contributed by atoms with Gasteiger partial charge >= 0.3 is 0 Å². The molecule has 2 aliphatic carbocycles. The molecule has 0 saturated heterocycles. The molecule has 4 rings (SSSR count). The molecule has 1 aliphatic heterocycles. The zero-order valence-corrected chi connectivity index (χ0v) is 16.4. The van der Waals surface area contributed by atoms with Crippen LogP contribution in [0.4, 0.5) is 0 Å². The van der Waals surface area contributed by atoms with E-state index in [4.69, 9.17) is 14.6 Å². The van der Waals surface area contributed by atoms with Gasteiger partial charge in [-0.3, -0.25) is 4.79 Å². The van der Waals surface area contributed by atoms with Gasteiger partial charge in [0.15, 0.2) is 5.76 Å². The van der Waals surface area contributed by atoms with Gasteiger partial charge in [-0.1, -0.05) is 37.1 Å². The third kappa shape index (κ3) is 5.15. The molecule has 2 N–H and O–H groups in total. The average molecular weight is 386 g/mol. The molecule has 0 unspecified atom stereocenters. The van der Waals surface area contributed by atoms with Crippen LogP contribution in [0.5, 0.6) is 0 Å². The topological polar surface area (TPSA) is 67.8 Å². The molecular formula is C23H31NO4. The number of rotatable bonds is 8. The fourth-order valence-corrected chi connectivity index (χ4v) is 4.24. The molecule has 1 aromatic rings. The van der Waals surface area contributed by atoms with Crippen molar-refractivity contribution in [3.05, 3.63) is 47.2 Å². The van der Waals surface area contributed by atoms with Gasteiger partial charge in [0, 0.05) is 13.0 Å². The van der Waals surface area contributed by atoms with E-state index < -0.39 is 6.29 Å². The van der Waals surface area contributed by atoms with E-state index in [2.05, 4.69) is 5.32 Å². The molecule has 1 heterocycles. The van der Waals surface area contributed by atoms with Gasteiger partial charge in [0.05, 0.1) is 13.2 Å². The maximum Gasteiger partial charge on any atom is 0.286 e. The Morgan fingerprint density at radius 2 is 1.82 bits per heavy atom. The molecular weight excluding hydrogens is 354 g/mol. The predicted octanol–water partition coefficient (Wildman–Crippen LogP) is 3.66. The fraction of sp³-hybridized carbons (Fsp3) is 0.609. The van der Waals surface area contributed by atoms with Crippen molar-refractivity contribution in [2.24, 2.45) is 17.8 Å². The van der Waals surface area contributed by atoms with Crippen molar-refractivity contribution in [1.29, 1.82) is 0 Å². The lowest BCUT2D eigenvalue weighted by atomic mass is 9.86. The second kappa shape index (κ2) is 9.10. The molecule has 2 atom stereocenters. The Hall–Kier alpha value is -1.85. The Bertz CT molecular complexity index is 689. The van der Waals surface area contributed by atoms with Crippen LogP contribution in [0, 0.1) is 17.8 Å². The number of hydrogen-bond donors (Lipinski definition) is 2. The summed E-state index contributed by atoms with van der Waals surface area (Å²) in [6.45, 7) is 1.22. The largest absolute Gasteiger partial charge is 0.459 e. The van der Waals surface area contributed by atoms with Gasteiger partial charge in [-0.05, 0) is 60.6 Å². The van der Waals surface area contributed by atoms with Crippen LogP contribution < -0.4 is 5.32 Å². The van der Waals surface area contributed by atoms with E-state index in [0.29, 0.717) is 30.1 Å². The van der Waals surface area contributed by atoms with Crippen molar-refractivity contribution in [2.75, 3.05) is 6.54 Å². The first kappa shape index (κ1) is 19.5. The summed E-state index contributed by atoms with van der Waals surface area (Å²) in [6.07, 6.45) is 9.91. The molecule has 5 heteroatoms. The van der Waals surface area contributed by atoms with E-state index in [0.717, 1.165) is 24.1 Å². The third-order valence-electron chi connectivity index (χ3n) is 6.21. The summed E-state index contributed by atoms with van der Waals surface area (Å²) in [5.74, 6) is 1.96. The monoisotopic (exact) mass is 385 g/mol. The van der Waals surface area contributed by atoms with Gasteiger partial charge in [0.2, 0.25) is 6.29 Å². The van der Waals surface area contributed by atoms with Gasteiger partial charge in [-0.2, -0.15) is 0 Å². The minimum absolute atomic E-state index is 0.0417. The number of hydrogen-bond acceptors (Lipinski definition) is 4. The highest BCUT2D eigenvalue weighted by molar-refractivity contribution is 5.91. The van der Waals surface area contributed by atoms with Gasteiger partial charge < -0.3 is 19.9 Å². The summed E-state index contributed by atoms with van der Waals surface area (Å²) in [7, 11) is 0. The van der Waals surface area contributed by atoms with Crippen molar-refractivity contribution in [2.45, 2.75) is 64.4 Å². The molecule has 1 amide bonds. The second-order valence-electron chi connectivity index (χ2n) is 8.46. The number of aliphatic hydroxyl groups is 1. The van der Waals surface area contributed by atoms with E-state index in [1.165, 1.54) is 38.5 Å². The summed E-state index contributed by atoms with van der Waals surface area (Å²) >= 11 is 0. The molecule has 0 bridgehead atoms. The van der Waals surface area contributed by atoms with Crippen LogP contribution in [-0.2, 0) is 27.5 Å². The molecule has 152 valence electrons. The van der Waals surface area contributed by atoms with Crippen molar-refractivity contribution in [3.63, 3.8) is 0 Å². The third-order valence-corrected chi connectivity index (χ3v) is 6.21. The predicted molar refractivity (Wildman–Crippen MR) is 106 cm³/mol. The zero-order chi connectivity index (χ0) is 19.3. The molecule has 1 aromatic carbocycles. The van der Waals surface area contributed by atoms with E-state index in [-0.39, 0.29) is 12.5 Å². The number of ether oxygens (including phenoxy) is 2. The Labute approximate surface area is 167 Å². The lowest BCUT2D eigenvalue weighted by Gasteiger charge is -2.32. The summed E-state index contributed by atoms with van der Waals surface area (Å²) in [4.78, 5) is 12.6. The zero-order valence-electron chi connectivity index (χ0n) is 16.4. The lowest BCUT2D eigenvalue weighted by molar-refractivity contribution is -0.155. The van der Waals surface area contributed by atoms with Crippen molar-refractivity contribution in [3.8, 4) is 0 Å². The number of nitrogens with one attached hydrogen (secondary N) is 1. The molecule has 2 saturated carbocycles. The summed E-state index contributed by atoms with van der Waals surface area (Å²) in [5.41, 5.74) is 1.92. The van der Waals surface area contributed by atoms with E-state index in [9.17, 15) is 4.79 Å². The highest BCUT2D eigenvalue weighted by atomic mass is 16.7. The van der Waals surface area contributed by atoms with Gasteiger partial charge in [-0.25, -0.2) is 0 Å². The first-order chi connectivity index (χ1) is 13.7. The number of aliphatic hydroxyl groups excluding tert-OH is 1. The maximum atomic E-state index is 12.6. The quantitative estimate of drug-likeness (QED) is 0.717. The Balaban J connectivity index is 1.38. The van der Waals surface area contributed by atoms with E-state index in [1.807, 2.05) is 30.3 Å². The molecule has 28 heavy (non-hydrogen) atoms. The van der Waals surface area contributed by atoms with Crippen LogP contribution >= 0.6 is 0 Å². The number of carbonyl (C=O) groups is 1. The molecule has 0 spiro atoms. The van der Waals surface area contributed by atoms with Crippen molar-refractivity contribution < 1.29 is 19.4 Å². The summed E-state index contributed by atoms with van der Waals surface area (Å²) in [6, 6.07) is 7.72. The number of carbonyl (C=O) groups excluding carboxylic acids is 1. The van der Waals surface area contributed by atoms with Crippen LogP contribution in [0.25, 0.3) is 0 Å². The molecule has 3 aliphatic rings. The first-order valence-corrected chi connectivity index (χ1v) is 10.7. The maximum absolute atomic E-state index is 12.6. The van der Waals surface area contributed by atoms with Gasteiger partial charge in [0.25, 0.3) is 5.91 Å². The highest BCUT2D eigenvalue weighted by Crippen LogP contribution is 2.38. The molecule has 0 aromatic heterocycles. The molecule has 5 nitrogen and oxygen atoms in total. The number of amides is 1. The van der Waals surface area contributed by atoms with Crippen LogP contribution in [-0.4, -0.2) is 23.8 Å². The fourth-order valence-electron chi connectivity index (χ4n) is 4.24. The Morgan fingerprint density at radius 3 is 2.50 bits per heavy atom. The van der Waals surface area contributed by atoms with E-state index in [1.54, 1.807) is 0 Å². The first-order valence-electron chi connectivity index (χ1n) is 10.7. The normalized spacial score (nSPS) is 25.2. The average Bonchev–Trinajstić information content (AvgIpc) is 3.41. The smallest absolute Gasteiger partial charge is 0.286 e. The van der Waals surface area contributed by atoms with Crippen molar-refractivity contribution >= 4 is 5.91 Å². The van der Waals surface area contributed by atoms with Crippen LogP contribution in [0.3, 0.4) is 0 Å². The molecule has 0 radical (unpaired) electrons. The Morgan fingerprint density at radius 1 is 1.11 bits per heavy atom. The Kier molecular flexibility index (Phi) is 6.33. The lowest BCUT2D eigenvalue weighted by Crippen LogP contribution is -2.35. The number of benzene rings is 1. The van der Waals surface area contributed by atoms with Crippen LogP contribution in [0.15, 0.2) is 36.1 Å². The van der Waals surface area contributed by atoms with E-state index >= 15 is 0 Å².